The molecule has 0 atom stereocenters. The fourth-order valence-electron chi connectivity index (χ4n) is 4.04. The summed E-state index contributed by atoms with van der Waals surface area (Å²) < 4.78 is 3.32. The van der Waals surface area contributed by atoms with Crippen molar-refractivity contribution in [2.24, 2.45) is 25.6 Å². The van der Waals surface area contributed by atoms with E-state index < -0.39 is 20.8 Å². The SMILES string of the molecule is Cn1nccc1C1(C(=O)C2(c3ccnn3C)C=CC(N)(Cl)C=C2)C=CC(N)(Cl)C=C1. The number of nitrogens with zero attached hydrogens (tertiary/aromatic N) is 4. The lowest BCUT2D eigenvalue weighted by molar-refractivity contribution is -0.124. The summed E-state index contributed by atoms with van der Waals surface area (Å²) in [4.78, 5) is 12.1. The van der Waals surface area contributed by atoms with Crippen LogP contribution < -0.4 is 11.5 Å². The number of aromatic nitrogens is 4. The molecule has 7 nitrogen and oxygen atoms in total. The maximum absolute atomic E-state index is 14.5. The van der Waals surface area contributed by atoms with E-state index in [1.165, 1.54) is 0 Å². The van der Waals surface area contributed by atoms with Gasteiger partial charge in [-0.1, -0.05) is 47.5 Å². The third kappa shape index (κ3) is 3.18. The van der Waals surface area contributed by atoms with E-state index in [4.69, 9.17) is 34.7 Å². The summed E-state index contributed by atoms with van der Waals surface area (Å²) in [7, 11) is 3.56. The minimum absolute atomic E-state index is 0.165. The molecule has 0 saturated carbocycles. The highest BCUT2D eigenvalue weighted by atomic mass is 35.5. The van der Waals surface area contributed by atoms with Gasteiger partial charge in [-0.15, -0.1) is 0 Å². The van der Waals surface area contributed by atoms with Gasteiger partial charge in [-0.05, 0) is 36.4 Å². The van der Waals surface area contributed by atoms with Crippen LogP contribution in [0.3, 0.4) is 0 Å². The topological polar surface area (TPSA) is 105 Å². The third-order valence-electron chi connectivity index (χ3n) is 5.65. The Morgan fingerprint density at radius 2 is 1.10 bits per heavy atom. The molecule has 2 aliphatic carbocycles. The monoisotopic (exact) mass is 444 g/mol. The van der Waals surface area contributed by atoms with Crippen LogP contribution in [0.5, 0.6) is 0 Å². The molecule has 0 spiro atoms. The quantitative estimate of drug-likeness (QED) is 0.425. The third-order valence-corrected chi connectivity index (χ3v) is 6.15. The smallest absolute Gasteiger partial charge is 0.172 e. The van der Waals surface area contributed by atoms with Gasteiger partial charge in [0.05, 0.1) is 11.4 Å². The highest BCUT2D eigenvalue weighted by molar-refractivity contribution is 6.27. The van der Waals surface area contributed by atoms with E-state index in [2.05, 4.69) is 10.2 Å². The highest BCUT2D eigenvalue weighted by Crippen LogP contribution is 2.44. The first-order chi connectivity index (χ1) is 14.0. The van der Waals surface area contributed by atoms with Gasteiger partial charge in [-0.2, -0.15) is 10.2 Å². The molecule has 156 valence electrons. The van der Waals surface area contributed by atoms with Crippen LogP contribution in [0.25, 0.3) is 0 Å². The molecule has 0 fully saturated rings. The molecule has 0 aliphatic heterocycles. The molecule has 0 unspecified atom stereocenters. The summed E-state index contributed by atoms with van der Waals surface area (Å²) in [5, 5.41) is 8.53. The van der Waals surface area contributed by atoms with Crippen LogP contribution >= 0.6 is 23.2 Å². The lowest BCUT2D eigenvalue weighted by atomic mass is 9.63. The number of Topliss-reactive ketones (excluding diaryl/α,β-unsaturated/α-hetero) is 1. The molecule has 0 bridgehead atoms. The Morgan fingerprint density at radius 1 is 0.767 bits per heavy atom. The first kappa shape index (κ1) is 20.8. The normalized spacial score (nSPS) is 35.1. The molecular formula is C21H22Cl2N6O. The van der Waals surface area contributed by atoms with Crippen molar-refractivity contribution in [3.05, 3.63) is 84.5 Å². The maximum atomic E-state index is 14.5. The Bertz CT molecular complexity index is 1000. The van der Waals surface area contributed by atoms with E-state index in [1.54, 1.807) is 96.6 Å². The van der Waals surface area contributed by atoms with Gasteiger partial charge in [0.2, 0.25) is 0 Å². The Hall–Kier alpha value is -2.45. The van der Waals surface area contributed by atoms with Crippen molar-refractivity contribution < 1.29 is 4.79 Å². The zero-order chi connectivity index (χ0) is 21.8. The molecule has 2 aromatic rings. The largest absolute Gasteiger partial charge is 0.306 e. The van der Waals surface area contributed by atoms with E-state index in [9.17, 15) is 4.79 Å². The van der Waals surface area contributed by atoms with Gasteiger partial charge in [0.25, 0.3) is 0 Å². The minimum Gasteiger partial charge on any atom is -0.306 e. The summed E-state index contributed by atoms with van der Waals surface area (Å²) >= 11 is 12.6. The predicted octanol–water partition coefficient (Wildman–Crippen LogP) is 1.94. The lowest BCUT2D eigenvalue weighted by Crippen LogP contribution is -2.50. The predicted molar refractivity (Wildman–Crippen MR) is 117 cm³/mol. The van der Waals surface area contributed by atoms with Gasteiger partial charge in [-0.25, -0.2) is 0 Å². The standard InChI is InChI=1S/C21H22Cl2N6O/c1-28-15(3-13-26-28)18(5-9-20(22,24)10-6-18)17(30)19(16-4-14-27-29(16)2)7-11-21(23,25)12-8-19/h3-14H,24-25H2,1-2H3. The minimum atomic E-state index is -1.18. The highest BCUT2D eigenvalue weighted by Gasteiger charge is 2.52. The fraction of sp³-hybridized carbons (Fsp3) is 0.286. The van der Waals surface area contributed by atoms with Crippen LogP contribution in [-0.2, 0) is 29.7 Å². The second-order valence-corrected chi connectivity index (χ2v) is 9.04. The second-order valence-electron chi connectivity index (χ2n) is 7.74. The van der Waals surface area contributed by atoms with Crippen molar-refractivity contribution in [3.8, 4) is 0 Å². The molecule has 0 radical (unpaired) electrons. The average molecular weight is 445 g/mol. The molecule has 4 rings (SSSR count). The average Bonchev–Trinajstić information content (AvgIpc) is 3.31. The molecule has 0 saturated heterocycles. The summed E-state index contributed by atoms with van der Waals surface area (Å²) in [6.45, 7) is 0. The van der Waals surface area contributed by atoms with Crippen LogP contribution in [0.4, 0.5) is 0 Å². The summed E-state index contributed by atoms with van der Waals surface area (Å²) in [6, 6.07) is 3.60. The van der Waals surface area contributed by atoms with Crippen molar-refractivity contribution >= 4 is 29.0 Å². The number of halogens is 2. The number of hydrogen-bond acceptors (Lipinski definition) is 5. The van der Waals surface area contributed by atoms with Gasteiger partial charge in [-0.3, -0.25) is 14.2 Å². The zero-order valence-electron chi connectivity index (χ0n) is 16.5. The second kappa shape index (κ2) is 6.78. The molecule has 4 N–H and O–H groups in total. The summed E-state index contributed by atoms with van der Waals surface area (Å²) in [6.07, 6.45) is 16.6. The number of hydrogen-bond donors (Lipinski definition) is 2. The van der Waals surface area contributed by atoms with Gasteiger partial charge < -0.3 is 11.5 Å². The molecule has 2 heterocycles. The molecule has 2 aromatic heterocycles. The number of aryl methyl sites for hydroxylation is 2. The van der Waals surface area contributed by atoms with Crippen molar-refractivity contribution in [2.45, 2.75) is 20.8 Å². The van der Waals surface area contributed by atoms with Crippen LogP contribution in [0.15, 0.2) is 73.1 Å². The van der Waals surface area contributed by atoms with Crippen molar-refractivity contribution in [2.75, 3.05) is 0 Å². The number of ketones is 1. The van der Waals surface area contributed by atoms with E-state index in [0.29, 0.717) is 11.4 Å². The van der Waals surface area contributed by atoms with E-state index >= 15 is 0 Å². The van der Waals surface area contributed by atoms with Crippen molar-refractivity contribution in [1.29, 1.82) is 0 Å². The van der Waals surface area contributed by atoms with E-state index in [0.717, 1.165) is 0 Å². The first-order valence-corrected chi connectivity index (χ1v) is 10.1. The number of alkyl halides is 2. The van der Waals surface area contributed by atoms with E-state index in [1.807, 2.05) is 0 Å². The summed E-state index contributed by atoms with van der Waals surface area (Å²) in [5.74, 6) is -0.165. The number of nitrogens with two attached hydrogens (primary N) is 2. The fourth-order valence-corrected chi connectivity index (χ4v) is 4.29. The van der Waals surface area contributed by atoms with Crippen LogP contribution in [0.1, 0.15) is 11.4 Å². The number of rotatable bonds is 4. The lowest BCUT2D eigenvalue weighted by Gasteiger charge is -2.40. The molecule has 0 aromatic carbocycles. The Morgan fingerprint density at radius 3 is 1.37 bits per heavy atom. The Labute approximate surface area is 184 Å². The van der Waals surface area contributed by atoms with Gasteiger partial charge in [0.15, 0.2) is 5.78 Å². The molecule has 2 aliphatic rings. The summed E-state index contributed by atoms with van der Waals surface area (Å²) in [5.41, 5.74) is 11.1. The van der Waals surface area contributed by atoms with Gasteiger partial charge in [0.1, 0.15) is 20.8 Å². The number of carbonyl (C=O) groups is 1. The van der Waals surface area contributed by atoms with Crippen molar-refractivity contribution in [1.82, 2.24) is 19.6 Å². The Balaban J connectivity index is 1.96. The van der Waals surface area contributed by atoms with Gasteiger partial charge in [0, 0.05) is 26.5 Å². The van der Waals surface area contributed by atoms with Crippen LogP contribution in [-0.4, -0.2) is 35.3 Å². The molecule has 9 heteroatoms. The molecular weight excluding hydrogens is 423 g/mol. The zero-order valence-corrected chi connectivity index (χ0v) is 18.0. The maximum Gasteiger partial charge on any atom is 0.172 e. The van der Waals surface area contributed by atoms with Crippen LogP contribution in [0, 0.1) is 0 Å². The van der Waals surface area contributed by atoms with Crippen molar-refractivity contribution in [3.63, 3.8) is 0 Å². The van der Waals surface area contributed by atoms with E-state index in [-0.39, 0.29) is 5.78 Å². The number of allylic oxidation sites excluding steroid dienone is 4. The molecule has 0 amide bonds. The van der Waals surface area contributed by atoms with Gasteiger partial charge >= 0.3 is 0 Å². The number of carbonyl (C=O) groups excluding carboxylic acids is 1. The molecule has 30 heavy (non-hydrogen) atoms. The van der Waals surface area contributed by atoms with Crippen LogP contribution in [0.2, 0.25) is 0 Å². The first-order valence-electron chi connectivity index (χ1n) is 9.30. The Kier molecular flexibility index (Phi) is 4.70.